The molecule has 0 aliphatic carbocycles. The largest absolute Gasteiger partial charge is 0.468 e. The lowest BCUT2D eigenvalue weighted by Crippen LogP contribution is -2.42. The minimum atomic E-state index is -0.161. The predicted molar refractivity (Wildman–Crippen MR) is 45.8 cm³/mol. The first kappa shape index (κ1) is 9.48. The maximum atomic E-state index is 11.2. The van der Waals surface area contributed by atoms with Crippen LogP contribution in [-0.4, -0.2) is 39.3 Å². The molecule has 0 aromatic rings. The first-order valence-electron chi connectivity index (χ1n) is 4.25. The third-order valence-electron chi connectivity index (χ3n) is 2.34. The molecule has 0 aromatic heterocycles. The van der Waals surface area contributed by atoms with Crippen molar-refractivity contribution in [3.63, 3.8) is 0 Å². The molecule has 2 atom stereocenters. The van der Waals surface area contributed by atoms with Gasteiger partial charge in [-0.15, -0.1) is 0 Å². The van der Waals surface area contributed by atoms with Crippen LogP contribution in [0.5, 0.6) is 0 Å². The molecule has 1 fully saturated rings. The van der Waals surface area contributed by atoms with E-state index in [1.807, 2.05) is 0 Å². The highest BCUT2D eigenvalue weighted by Crippen LogP contribution is 2.13. The Bertz CT molecular complexity index is 155. The molecule has 0 radical (unpaired) electrons. The fourth-order valence-corrected chi connectivity index (χ4v) is 1.63. The molecular weight excluding hydrogens is 156 g/mol. The van der Waals surface area contributed by atoms with Crippen molar-refractivity contribution < 1.29 is 9.53 Å². The Morgan fingerprint density at radius 1 is 1.75 bits per heavy atom. The third kappa shape index (κ3) is 1.95. The molecule has 1 heterocycles. The van der Waals surface area contributed by atoms with Crippen molar-refractivity contribution in [1.82, 2.24) is 10.6 Å². The standard InChI is InChI=1S/C8H16N2O2/c1-9-7(8(11)12-2)6-3-4-10-5-6/h6-7,9-10H,3-5H2,1-2H3. The lowest BCUT2D eigenvalue weighted by atomic mass is 9.99. The zero-order valence-electron chi connectivity index (χ0n) is 7.59. The summed E-state index contributed by atoms with van der Waals surface area (Å²) in [6.07, 6.45) is 1.04. The molecule has 1 rings (SSSR count). The summed E-state index contributed by atoms with van der Waals surface area (Å²) in [5.74, 6) is 0.216. The second-order valence-corrected chi connectivity index (χ2v) is 3.04. The molecule has 1 aliphatic heterocycles. The SMILES string of the molecule is CNC(C(=O)OC)C1CCNC1. The summed E-state index contributed by atoms with van der Waals surface area (Å²) in [4.78, 5) is 11.2. The molecule has 2 unspecified atom stereocenters. The second-order valence-electron chi connectivity index (χ2n) is 3.04. The Morgan fingerprint density at radius 2 is 2.50 bits per heavy atom. The second kappa shape index (κ2) is 4.42. The van der Waals surface area contributed by atoms with E-state index >= 15 is 0 Å². The molecule has 0 spiro atoms. The summed E-state index contributed by atoms with van der Waals surface area (Å²) in [6, 6.07) is -0.148. The van der Waals surface area contributed by atoms with Crippen molar-refractivity contribution >= 4 is 5.97 Å². The maximum Gasteiger partial charge on any atom is 0.323 e. The van der Waals surface area contributed by atoms with Crippen molar-refractivity contribution in [3.05, 3.63) is 0 Å². The van der Waals surface area contributed by atoms with Gasteiger partial charge in [0.05, 0.1) is 7.11 Å². The van der Waals surface area contributed by atoms with Crippen molar-refractivity contribution in [2.45, 2.75) is 12.5 Å². The topological polar surface area (TPSA) is 50.4 Å². The van der Waals surface area contributed by atoms with Gasteiger partial charge in [0.1, 0.15) is 6.04 Å². The molecule has 0 aromatic carbocycles. The summed E-state index contributed by atoms with van der Waals surface area (Å²) in [5.41, 5.74) is 0. The van der Waals surface area contributed by atoms with Gasteiger partial charge in [0, 0.05) is 6.54 Å². The van der Waals surface area contributed by atoms with Gasteiger partial charge in [0.25, 0.3) is 0 Å². The summed E-state index contributed by atoms with van der Waals surface area (Å²) in [5, 5.41) is 6.20. The van der Waals surface area contributed by atoms with E-state index in [9.17, 15) is 4.79 Å². The lowest BCUT2D eigenvalue weighted by Gasteiger charge is -2.19. The van der Waals surface area contributed by atoms with Crippen LogP contribution in [0.1, 0.15) is 6.42 Å². The summed E-state index contributed by atoms with van der Waals surface area (Å²) < 4.78 is 4.69. The van der Waals surface area contributed by atoms with Crippen LogP contribution in [-0.2, 0) is 9.53 Å². The van der Waals surface area contributed by atoms with Gasteiger partial charge in [0.15, 0.2) is 0 Å². The van der Waals surface area contributed by atoms with Gasteiger partial charge in [-0.25, -0.2) is 0 Å². The van der Waals surface area contributed by atoms with Crippen LogP contribution < -0.4 is 10.6 Å². The molecule has 4 heteroatoms. The smallest absolute Gasteiger partial charge is 0.323 e. The Labute approximate surface area is 72.7 Å². The fraction of sp³-hybridized carbons (Fsp3) is 0.875. The van der Waals surface area contributed by atoms with E-state index in [2.05, 4.69) is 15.4 Å². The zero-order valence-corrected chi connectivity index (χ0v) is 7.59. The average Bonchev–Trinajstić information content (AvgIpc) is 2.58. The van der Waals surface area contributed by atoms with Gasteiger partial charge in [-0.2, -0.15) is 0 Å². The number of likely N-dealkylation sites (N-methyl/N-ethyl adjacent to an activating group) is 1. The van der Waals surface area contributed by atoms with E-state index < -0.39 is 0 Å². The van der Waals surface area contributed by atoms with Crippen LogP contribution in [0.4, 0.5) is 0 Å². The number of hydrogen-bond donors (Lipinski definition) is 2. The highest BCUT2D eigenvalue weighted by molar-refractivity contribution is 5.76. The first-order chi connectivity index (χ1) is 5.79. The van der Waals surface area contributed by atoms with Gasteiger partial charge in [0.2, 0.25) is 0 Å². The molecule has 0 saturated carbocycles. The Hall–Kier alpha value is -0.610. The third-order valence-corrected chi connectivity index (χ3v) is 2.34. The average molecular weight is 172 g/mol. The van der Waals surface area contributed by atoms with E-state index in [0.717, 1.165) is 19.5 Å². The monoisotopic (exact) mass is 172 g/mol. The molecule has 12 heavy (non-hydrogen) atoms. The van der Waals surface area contributed by atoms with Gasteiger partial charge >= 0.3 is 5.97 Å². The Morgan fingerprint density at radius 3 is 2.92 bits per heavy atom. The van der Waals surface area contributed by atoms with Crippen molar-refractivity contribution in [1.29, 1.82) is 0 Å². The number of nitrogens with one attached hydrogen (secondary N) is 2. The number of rotatable bonds is 3. The molecule has 1 aliphatic rings. The molecule has 1 saturated heterocycles. The molecular formula is C8H16N2O2. The van der Waals surface area contributed by atoms with Crippen molar-refractivity contribution in [2.75, 3.05) is 27.2 Å². The van der Waals surface area contributed by atoms with Crippen LogP contribution >= 0.6 is 0 Å². The first-order valence-corrected chi connectivity index (χ1v) is 4.25. The number of carbonyl (C=O) groups is 1. The summed E-state index contributed by atoms with van der Waals surface area (Å²) >= 11 is 0. The predicted octanol–water partition coefficient (Wildman–Crippen LogP) is -0.643. The number of carbonyl (C=O) groups excluding carboxylic acids is 1. The zero-order chi connectivity index (χ0) is 8.97. The van der Waals surface area contributed by atoms with Gasteiger partial charge in [-0.1, -0.05) is 0 Å². The van der Waals surface area contributed by atoms with Crippen LogP contribution in [0.3, 0.4) is 0 Å². The number of ether oxygens (including phenoxy) is 1. The normalized spacial score (nSPS) is 25.3. The van der Waals surface area contributed by atoms with E-state index in [4.69, 9.17) is 0 Å². The molecule has 0 amide bonds. The minimum absolute atomic E-state index is 0.148. The summed E-state index contributed by atoms with van der Waals surface area (Å²) in [7, 11) is 3.22. The Balaban J connectivity index is 2.48. The fourth-order valence-electron chi connectivity index (χ4n) is 1.63. The van der Waals surface area contributed by atoms with Crippen molar-refractivity contribution in [2.24, 2.45) is 5.92 Å². The molecule has 70 valence electrons. The van der Waals surface area contributed by atoms with Gasteiger partial charge < -0.3 is 15.4 Å². The highest BCUT2D eigenvalue weighted by Gasteiger charge is 2.29. The van der Waals surface area contributed by atoms with E-state index in [1.165, 1.54) is 7.11 Å². The van der Waals surface area contributed by atoms with E-state index in [-0.39, 0.29) is 12.0 Å². The number of methoxy groups -OCH3 is 1. The summed E-state index contributed by atoms with van der Waals surface area (Å²) in [6.45, 7) is 1.90. The number of hydrogen-bond acceptors (Lipinski definition) is 4. The lowest BCUT2D eigenvalue weighted by molar-refractivity contribution is -0.144. The van der Waals surface area contributed by atoms with Gasteiger partial charge in [-0.3, -0.25) is 4.79 Å². The Kier molecular flexibility index (Phi) is 3.49. The highest BCUT2D eigenvalue weighted by atomic mass is 16.5. The minimum Gasteiger partial charge on any atom is -0.468 e. The van der Waals surface area contributed by atoms with Crippen molar-refractivity contribution in [3.8, 4) is 0 Å². The molecule has 2 N–H and O–H groups in total. The van der Waals surface area contributed by atoms with Crippen LogP contribution in [0.15, 0.2) is 0 Å². The molecule has 0 bridgehead atoms. The van der Waals surface area contributed by atoms with E-state index in [1.54, 1.807) is 7.05 Å². The quantitative estimate of drug-likeness (QED) is 0.556. The maximum absolute atomic E-state index is 11.2. The van der Waals surface area contributed by atoms with Crippen LogP contribution in [0.2, 0.25) is 0 Å². The van der Waals surface area contributed by atoms with Crippen LogP contribution in [0.25, 0.3) is 0 Å². The molecule has 4 nitrogen and oxygen atoms in total. The van der Waals surface area contributed by atoms with Crippen LogP contribution in [0, 0.1) is 5.92 Å². The number of esters is 1. The van der Waals surface area contributed by atoms with Gasteiger partial charge in [-0.05, 0) is 25.9 Å². The van der Waals surface area contributed by atoms with E-state index in [0.29, 0.717) is 5.92 Å².